The summed E-state index contributed by atoms with van der Waals surface area (Å²) in [4.78, 5) is 17.5. The summed E-state index contributed by atoms with van der Waals surface area (Å²) < 4.78 is 28.1. The first kappa shape index (κ1) is 20.8. The molecule has 2 aromatic carbocycles. The van der Waals surface area contributed by atoms with E-state index in [2.05, 4.69) is 14.6 Å². The van der Waals surface area contributed by atoms with Crippen LogP contribution in [0.3, 0.4) is 0 Å². The van der Waals surface area contributed by atoms with Gasteiger partial charge in [0.05, 0.1) is 4.90 Å². The summed E-state index contributed by atoms with van der Waals surface area (Å²) >= 11 is 0. The van der Waals surface area contributed by atoms with Crippen LogP contribution in [-0.2, 0) is 10.0 Å². The predicted molar refractivity (Wildman–Crippen MR) is 109 cm³/mol. The van der Waals surface area contributed by atoms with Crippen molar-refractivity contribution in [3.05, 3.63) is 52.8 Å². The maximum atomic E-state index is 12.7. The molecule has 1 fully saturated rings. The molecule has 1 aliphatic rings. The third-order valence-corrected chi connectivity index (χ3v) is 6.64. The first-order valence-corrected chi connectivity index (χ1v) is 10.8. The molecule has 28 heavy (non-hydrogen) atoms. The minimum absolute atomic E-state index is 0. The highest BCUT2D eigenvalue weighted by Gasteiger charge is 2.17. The molecule has 0 atom stereocenters. The van der Waals surface area contributed by atoms with Gasteiger partial charge in [-0.25, -0.2) is 13.1 Å². The lowest BCUT2D eigenvalue weighted by molar-refractivity contribution is -0.00000801. The Morgan fingerprint density at radius 1 is 1.00 bits per heavy atom. The molecule has 1 saturated heterocycles. The van der Waals surface area contributed by atoms with Gasteiger partial charge in [0.1, 0.15) is 0 Å². The Bertz CT molecular complexity index is 1140. The molecule has 150 valence electrons. The lowest BCUT2D eigenvalue weighted by atomic mass is 10.1. The number of pyridine rings is 1. The van der Waals surface area contributed by atoms with Crippen LogP contribution < -0.4 is 22.7 Å². The molecular formula is C20H24ClN3O3S. The van der Waals surface area contributed by atoms with Crippen LogP contribution in [0.1, 0.15) is 20.7 Å². The van der Waals surface area contributed by atoms with Crippen molar-refractivity contribution in [2.24, 2.45) is 0 Å². The Hall–Kier alpha value is -1.93. The van der Waals surface area contributed by atoms with Gasteiger partial charge in [-0.05, 0) is 55.6 Å². The molecule has 2 heterocycles. The fraction of sp³-hybridized carbons (Fsp3) is 0.350. The van der Waals surface area contributed by atoms with Crippen LogP contribution in [0.15, 0.2) is 52.2 Å². The van der Waals surface area contributed by atoms with Gasteiger partial charge in [-0.3, -0.25) is 4.79 Å². The van der Waals surface area contributed by atoms with Gasteiger partial charge < -0.3 is 22.3 Å². The van der Waals surface area contributed by atoms with Crippen molar-refractivity contribution < 1.29 is 22.3 Å². The van der Waals surface area contributed by atoms with Gasteiger partial charge in [-0.1, -0.05) is 24.6 Å². The lowest BCUT2D eigenvalue weighted by Gasteiger charge is -2.26. The molecule has 0 radical (unpaired) electrons. The second kappa shape index (κ2) is 8.61. The molecule has 3 aromatic rings. The number of sulfonamides is 1. The number of rotatable bonds is 5. The zero-order valence-corrected chi connectivity index (χ0v) is 17.0. The van der Waals surface area contributed by atoms with E-state index in [4.69, 9.17) is 0 Å². The zero-order valence-electron chi connectivity index (χ0n) is 16.4. The number of benzene rings is 2. The van der Waals surface area contributed by atoms with E-state index >= 15 is 0 Å². The molecule has 0 unspecified atom stereocenters. The fourth-order valence-electron chi connectivity index (χ4n) is 3.73. The summed E-state index contributed by atoms with van der Waals surface area (Å²) in [7, 11) is -3.60. The molecule has 0 amide bonds. The summed E-state index contributed by atoms with van der Waals surface area (Å²) in [6.07, 6.45) is 3.63. The van der Waals surface area contributed by atoms with Crippen LogP contribution in [0.5, 0.6) is 0 Å². The number of piperidine rings is 1. The van der Waals surface area contributed by atoms with Crippen molar-refractivity contribution in [2.45, 2.75) is 24.2 Å². The molecule has 8 heteroatoms. The maximum absolute atomic E-state index is 12.7. The number of halogens is 1. The SMILES string of the molecule is O=c1[nH]c2ccc(S(=O)(=O)NCCN3CCCCC3)cc2c2ccccc12.[Cl-].[H+]. The zero-order chi connectivity index (χ0) is 18.9. The number of H-pyrrole nitrogens is 1. The number of likely N-dealkylation sites (tertiary alicyclic amines) is 1. The number of nitrogens with zero attached hydrogens (tertiary/aromatic N) is 1. The Labute approximate surface area is 171 Å². The second-order valence-corrected chi connectivity index (χ2v) is 8.77. The molecule has 0 saturated carbocycles. The van der Waals surface area contributed by atoms with E-state index in [0.29, 0.717) is 17.4 Å². The highest BCUT2D eigenvalue weighted by Crippen LogP contribution is 2.24. The largest absolute Gasteiger partial charge is 1.00 e. The van der Waals surface area contributed by atoms with E-state index in [1.807, 2.05) is 12.1 Å². The summed E-state index contributed by atoms with van der Waals surface area (Å²) in [5, 5.41) is 2.03. The Balaban J connectivity index is 0.00000150. The summed E-state index contributed by atoms with van der Waals surface area (Å²) in [5.41, 5.74) is 0.458. The molecule has 4 rings (SSSR count). The van der Waals surface area contributed by atoms with E-state index in [-0.39, 0.29) is 24.3 Å². The average molecular weight is 422 g/mol. The number of hydrogen-bond donors (Lipinski definition) is 2. The van der Waals surface area contributed by atoms with Crippen molar-refractivity contribution in [1.82, 2.24) is 14.6 Å². The normalized spacial score (nSPS) is 15.6. The van der Waals surface area contributed by atoms with Crippen LogP contribution >= 0.6 is 0 Å². The van der Waals surface area contributed by atoms with E-state index in [9.17, 15) is 13.2 Å². The standard InChI is InChI=1S/C20H23N3O3S.ClH/c24-20-17-7-3-2-6-16(17)18-14-15(8-9-19(18)22-20)27(25,26)21-10-13-23-11-4-1-5-12-23;/h2-3,6-9,14,21H,1,4-5,10-13H2,(H,22,24);1H. The minimum Gasteiger partial charge on any atom is -1.00 e. The van der Waals surface area contributed by atoms with Gasteiger partial charge in [0.15, 0.2) is 0 Å². The molecule has 1 aliphatic heterocycles. The van der Waals surface area contributed by atoms with Crippen molar-refractivity contribution in [3.8, 4) is 0 Å². The second-order valence-electron chi connectivity index (χ2n) is 7.01. The van der Waals surface area contributed by atoms with Gasteiger partial charge in [0.25, 0.3) is 5.56 Å². The summed E-state index contributed by atoms with van der Waals surface area (Å²) in [5.74, 6) is 0. The van der Waals surface area contributed by atoms with E-state index in [1.54, 1.807) is 24.3 Å². The van der Waals surface area contributed by atoms with Gasteiger partial charge in [-0.15, -0.1) is 0 Å². The third-order valence-electron chi connectivity index (χ3n) is 5.18. The average Bonchev–Trinajstić information content (AvgIpc) is 2.69. The van der Waals surface area contributed by atoms with Gasteiger partial charge >= 0.3 is 1.43 Å². The van der Waals surface area contributed by atoms with Crippen LogP contribution in [0.2, 0.25) is 0 Å². The monoisotopic (exact) mass is 421 g/mol. The Kier molecular flexibility index (Phi) is 6.40. The van der Waals surface area contributed by atoms with E-state index < -0.39 is 10.0 Å². The predicted octanol–water partition coefficient (Wildman–Crippen LogP) is -0.438. The number of hydrogen-bond acceptors (Lipinski definition) is 4. The minimum atomic E-state index is -3.60. The molecular weight excluding hydrogens is 398 g/mol. The van der Waals surface area contributed by atoms with Crippen molar-refractivity contribution in [1.29, 1.82) is 0 Å². The third kappa shape index (κ3) is 4.22. The number of nitrogens with one attached hydrogen (secondary N) is 2. The van der Waals surface area contributed by atoms with Gasteiger partial charge in [0, 0.05) is 29.4 Å². The van der Waals surface area contributed by atoms with Crippen LogP contribution in [0.4, 0.5) is 0 Å². The smallest absolute Gasteiger partial charge is 1.00 e. The molecule has 2 N–H and O–H groups in total. The molecule has 1 aromatic heterocycles. The molecule has 0 bridgehead atoms. The number of fused-ring (bicyclic) bond motifs is 3. The van der Waals surface area contributed by atoms with Crippen LogP contribution in [-0.4, -0.2) is 44.5 Å². The van der Waals surface area contributed by atoms with Crippen LogP contribution in [0, 0.1) is 0 Å². The van der Waals surface area contributed by atoms with E-state index in [0.717, 1.165) is 30.4 Å². The maximum Gasteiger partial charge on any atom is 1.00 e. The summed E-state index contributed by atoms with van der Waals surface area (Å²) in [6, 6.07) is 12.1. The Morgan fingerprint density at radius 2 is 1.71 bits per heavy atom. The van der Waals surface area contributed by atoms with Crippen molar-refractivity contribution in [3.63, 3.8) is 0 Å². The number of aromatic nitrogens is 1. The lowest BCUT2D eigenvalue weighted by Crippen LogP contribution is -3.00. The Morgan fingerprint density at radius 3 is 2.46 bits per heavy atom. The van der Waals surface area contributed by atoms with Crippen molar-refractivity contribution in [2.75, 3.05) is 26.2 Å². The van der Waals surface area contributed by atoms with Crippen molar-refractivity contribution >= 4 is 31.7 Å². The van der Waals surface area contributed by atoms with E-state index in [1.165, 1.54) is 25.3 Å². The molecule has 0 spiro atoms. The van der Waals surface area contributed by atoms with Crippen LogP contribution in [0.25, 0.3) is 21.7 Å². The first-order chi connectivity index (χ1) is 13.0. The fourth-order valence-corrected chi connectivity index (χ4v) is 4.78. The number of aromatic amines is 1. The molecule has 6 nitrogen and oxygen atoms in total. The van der Waals surface area contributed by atoms with Gasteiger partial charge in [-0.2, -0.15) is 0 Å². The highest BCUT2D eigenvalue weighted by atomic mass is 35.5. The van der Waals surface area contributed by atoms with Gasteiger partial charge in [0.2, 0.25) is 10.0 Å². The quantitative estimate of drug-likeness (QED) is 0.547. The molecule has 0 aliphatic carbocycles. The topological polar surface area (TPSA) is 82.3 Å². The highest BCUT2D eigenvalue weighted by molar-refractivity contribution is 7.89. The first-order valence-electron chi connectivity index (χ1n) is 9.31. The summed E-state index contributed by atoms with van der Waals surface area (Å²) in [6.45, 7) is 3.20.